The van der Waals surface area contributed by atoms with Crippen LogP contribution in [0.2, 0.25) is 0 Å². The summed E-state index contributed by atoms with van der Waals surface area (Å²) in [5, 5.41) is 0. The van der Waals surface area contributed by atoms with Crippen molar-refractivity contribution in [2.45, 2.75) is 110 Å². The van der Waals surface area contributed by atoms with Crippen molar-refractivity contribution in [2.24, 2.45) is 0 Å². The highest BCUT2D eigenvalue weighted by Gasteiger charge is 2.10. The third kappa shape index (κ3) is 11.8. The molecule has 0 spiro atoms. The standard InChI is InChI=1S/C22H44N2/c1-3-5-7-9-11-13-15-17-19-24-21-20-23(22-24)18-16-14-12-10-8-6-4-2/h20-21H,3-19,22H2,1-2H3. The first-order chi connectivity index (χ1) is 11.9. The van der Waals surface area contributed by atoms with Crippen LogP contribution < -0.4 is 0 Å². The zero-order valence-corrected chi connectivity index (χ0v) is 16.8. The van der Waals surface area contributed by atoms with Gasteiger partial charge in [0.1, 0.15) is 0 Å². The fourth-order valence-corrected chi connectivity index (χ4v) is 3.53. The molecular formula is C22H44N2. The number of hydrogen-bond donors (Lipinski definition) is 0. The van der Waals surface area contributed by atoms with Gasteiger partial charge in [0.15, 0.2) is 0 Å². The van der Waals surface area contributed by atoms with Gasteiger partial charge >= 0.3 is 0 Å². The van der Waals surface area contributed by atoms with E-state index in [9.17, 15) is 0 Å². The van der Waals surface area contributed by atoms with Crippen LogP contribution in [0.25, 0.3) is 0 Å². The third-order valence-electron chi connectivity index (χ3n) is 5.20. The second kappa shape index (κ2) is 15.8. The van der Waals surface area contributed by atoms with Crippen molar-refractivity contribution in [1.82, 2.24) is 9.80 Å². The maximum absolute atomic E-state index is 2.50. The lowest BCUT2D eigenvalue weighted by molar-refractivity contribution is 0.257. The van der Waals surface area contributed by atoms with Crippen molar-refractivity contribution >= 4 is 0 Å². The van der Waals surface area contributed by atoms with Crippen LogP contribution in [0.4, 0.5) is 0 Å². The topological polar surface area (TPSA) is 6.48 Å². The number of unbranched alkanes of at least 4 members (excludes halogenated alkanes) is 13. The van der Waals surface area contributed by atoms with Gasteiger partial charge in [0.05, 0.1) is 6.67 Å². The van der Waals surface area contributed by atoms with Gasteiger partial charge in [0.2, 0.25) is 0 Å². The number of rotatable bonds is 17. The highest BCUT2D eigenvalue weighted by atomic mass is 15.3. The van der Waals surface area contributed by atoms with Crippen molar-refractivity contribution < 1.29 is 0 Å². The molecule has 1 aliphatic rings. The quantitative estimate of drug-likeness (QED) is 0.266. The minimum absolute atomic E-state index is 1.13. The van der Waals surface area contributed by atoms with Crippen LogP contribution in [0.5, 0.6) is 0 Å². The first-order valence-electron chi connectivity index (χ1n) is 11.0. The molecule has 0 aromatic heterocycles. The summed E-state index contributed by atoms with van der Waals surface area (Å²) in [5.41, 5.74) is 0. The van der Waals surface area contributed by atoms with Gasteiger partial charge in [0, 0.05) is 25.5 Å². The van der Waals surface area contributed by atoms with Crippen molar-refractivity contribution in [3.8, 4) is 0 Å². The largest absolute Gasteiger partial charge is 0.359 e. The highest BCUT2D eigenvalue weighted by molar-refractivity contribution is 4.90. The Hall–Kier alpha value is -0.660. The van der Waals surface area contributed by atoms with E-state index in [4.69, 9.17) is 0 Å². The Bertz CT molecular complexity index is 288. The van der Waals surface area contributed by atoms with Crippen molar-refractivity contribution in [3.63, 3.8) is 0 Å². The van der Waals surface area contributed by atoms with Gasteiger partial charge in [-0.25, -0.2) is 0 Å². The Kier molecular flexibility index (Phi) is 14.1. The van der Waals surface area contributed by atoms with Crippen LogP contribution in [0.1, 0.15) is 110 Å². The summed E-state index contributed by atoms with van der Waals surface area (Å²) in [5.74, 6) is 0. The Morgan fingerprint density at radius 2 is 0.833 bits per heavy atom. The molecule has 2 heteroatoms. The second-order valence-electron chi connectivity index (χ2n) is 7.66. The van der Waals surface area contributed by atoms with Crippen LogP contribution >= 0.6 is 0 Å². The van der Waals surface area contributed by atoms with E-state index in [0.717, 1.165) is 6.67 Å². The molecule has 0 fully saturated rings. The van der Waals surface area contributed by atoms with Crippen LogP contribution in [0.15, 0.2) is 12.4 Å². The molecule has 0 bridgehead atoms. The first-order valence-corrected chi connectivity index (χ1v) is 11.0. The van der Waals surface area contributed by atoms with Crippen LogP contribution in [-0.2, 0) is 0 Å². The Labute approximate surface area is 152 Å². The first kappa shape index (κ1) is 21.4. The molecule has 0 unspecified atom stereocenters. The van der Waals surface area contributed by atoms with E-state index >= 15 is 0 Å². The SMILES string of the molecule is CCCCCCCCCCN1C=CN(CCCCCCCCC)C1. The smallest absolute Gasteiger partial charge is 0.0893 e. The number of hydrogen-bond acceptors (Lipinski definition) is 2. The highest BCUT2D eigenvalue weighted by Crippen LogP contribution is 2.13. The van der Waals surface area contributed by atoms with E-state index in [1.165, 1.54) is 109 Å². The van der Waals surface area contributed by atoms with E-state index in [2.05, 4.69) is 36.0 Å². The molecule has 0 aliphatic carbocycles. The van der Waals surface area contributed by atoms with Crippen molar-refractivity contribution in [2.75, 3.05) is 19.8 Å². The fourth-order valence-electron chi connectivity index (χ4n) is 3.53. The maximum Gasteiger partial charge on any atom is 0.0893 e. The van der Waals surface area contributed by atoms with Gasteiger partial charge in [-0.05, 0) is 12.8 Å². The molecule has 0 amide bonds. The molecule has 1 aliphatic heterocycles. The fraction of sp³-hybridized carbons (Fsp3) is 0.909. The van der Waals surface area contributed by atoms with Gasteiger partial charge in [-0.1, -0.05) is 97.3 Å². The normalized spacial score (nSPS) is 14.1. The lowest BCUT2D eigenvalue weighted by atomic mass is 10.1. The summed E-state index contributed by atoms with van der Waals surface area (Å²) in [7, 11) is 0. The summed E-state index contributed by atoms with van der Waals surface area (Å²) in [4.78, 5) is 5.00. The van der Waals surface area contributed by atoms with Crippen LogP contribution in [0, 0.1) is 0 Å². The van der Waals surface area contributed by atoms with Crippen LogP contribution in [0.3, 0.4) is 0 Å². The molecule has 0 aromatic rings. The van der Waals surface area contributed by atoms with Gasteiger partial charge in [-0.2, -0.15) is 0 Å². The molecule has 0 N–H and O–H groups in total. The summed E-state index contributed by atoms with van der Waals surface area (Å²) < 4.78 is 0. The van der Waals surface area contributed by atoms with Crippen molar-refractivity contribution in [1.29, 1.82) is 0 Å². The van der Waals surface area contributed by atoms with E-state index in [-0.39, 0.29) is 0 Å². The molecule has 0 saturated heterocycles. The van der Waals surface area contributed by atoms with Gasteiger partial charge in [0.25, 0.3) is 0 Å². The molecule has 1 heterocycles. The van der Waals surface area contributed by atoms with E-state index in [1.807, 2.05) is 0 Å². The molecule has 142 valence electrons. The Morgan fingerprint density at radius 1 is 0.500 bits per heavy atom. The summed E-state index contributed by atoms with van der Waals surface area (Å²) in [6.07, 6.45) is 25.8. The average Bonchev–Trinajstić information content (AvgIpc) is 3.04. The average molecular weight is 337 g/mol. The van der Waals surface area contributed by atoms with Gasteiger partial charge in [-0.15, -0.1) is 0 Å². The van der Waals surface area contributed by atoms with E-state index < -0.39 is 0 Å². The lowest BCUT2D eigenvalue weighted by Gasteiger charge is -2.21. The Balaban J connectivity index is 1.85. The minimum atomic E-state index is 1.13. The molecule has 0 aromatic carbocycles. The summed E-state index contributed by atoms with van der Waals surface area (Å²) in [6.45, 7) is 8.21. The zero-order valence-electron chi connectivity index (χ0n) is 16.8. The molecule has 0 radical (unpaired) electrons. The van der Waals surface area contributed by atoms with Gasteiger partial charge in [-0.3, -0.25) is 0 Å². The maximum atomic E-state index is 2.50. The summed E-state index contributed by atoms with van der Waals surface area (Å²) in [6, 6.07) is 0. The molecule has 0 atom stereocenters. The predicted octanol–water partition coefficient (Wildman–Crippen LogP) is 6.92. The molecule has 0 saturated carbocycles. The van der Waals surface area contributed by atoms with E-state index in [1.54, 1.807) is 0 Å². The van der Waals surface area contributed by atoms with Gasteiger partial charge < -0.3 is 9.80 Å². The minimum Gasteiger partial charge on any atom is -0.359 e. The van der Waals surface area contributed by atoms with Crippen LogP contribution in [-0.4, -0.2) is 29.6 Å². The Morgan fingerprint density at radius 3 is 1.21 bits per heavy atom. The third-order valence-corrected chi connectivity index (χ3v) is 5.20. The second-order valence-corrected chi connectivity index (χ2v) is 7.66. The van der Waals surface area contributed by atoms with Crippen molar-refractivity contribution in [3.05, 3.63) is 12.4 Å². The molecule has 1 rings (SSSR count). The monoisotopic (exact) mass is 336 g/mol. The molecular weight excluding hydrogens is 292 g/mol. The lowest BCUT2D eigenvalue weighted by Crippen LogP contribution is -2.26. The molecule has 24 heavy (non-hydrogen) atoms. The summed E-state index contributed by atoms with van der Waals surface area (Å²) >= 11 is 0. The van der Waals surface area contributed by atoms with E-state index in [0.29, 0.717) is 0 Å². The molecule has 2 nitrogen and oxygen atoms in total. The number of nitrogens with zero attached hydrogens (tertiary/aromatic N) is 2. The predicted molar refractivity (Wildman–Crippen MR) is 108 cm³/mol. The zero-order chi connectivity index (χ0) is 17.3.